The van der Waals surface area contributed by atoms with Gasteiger partial charge >= 0.3 is 0 Å². The lowest BCUT2D eigenvalue weighted by Gasteiger charge is -2.19. The predicted molar refractivity (Wildman–Crippen MR) is 120 cm³/mol. The smallest absolute Gasteiger partial charge is 0.272 e. The molecule has 0 aliphatic rings. The molecule has 0 bridgehead atoms. The molecule has 0 saturated heterocycles. The van der Waals surface area contributed by atoms with Crippen LogP contribution in [0.3, 0.4) is 0 Å². The Morgan fingerprint density at radius 2 is 1.93 bits per heavy atom. The number of likely N-dealkylation sites (N-methyl/N-ethyl adjacent to an activating group) is 1. The number of thioether (sulfide) groups is 1. The number of hydrogen-bond acceptors (Lipinski definition) is 4. The van der Waals surface area contributed by atoms with Gasteiger partial charge in [0, 0.05) is 22.9 Å². The molecule has 3 aromatic rings. The van der Waals surface area contributed by atoms with Gasteiger partial charge < -0.3 is 10.2 Å². The first-order chi connectivity index (χ1) is 14.3. The van der Waals surface area contributed by atoms with Crippen molar-refractivity contribution in [2.75, 3.05) is 25.2 Å². The van der Waals surface area contributed by atoms with Crippen LogP contribution in [0.25, 0.3) is 5.69 Å². The minimum Gasteiger partial charge on any atom is -0.331 e. The number of halogens is 2. The fraction of sp³-hybridized carbons (Fsp3) is 0.190. The summed E-state index contributed by atoms with van der Waals surface area (Å²) in [7, 11) is 1.55. The molecule has 1 N–H and O–H groups in total. The third kappa shape index (κ3) is 4.91. The van der Waals surface area contributed by atoms with E-state index in [4.69, 9.17) is 0 Å². The zero-order chi connectivity index (χ0) is 21.8. The van der Waals surface area contributed by atoms with Crippen LogP contribution in [0.15, 0.2) is 58.3 Å². The number of nitrogens with one attached hydrogen (secondary N) is 1. The number of rotatable bonds is 6. The Balaban J connectivity index is 1.78. The van der Waals surface area contributed by atoms with E-state index in [-0.39, 0.29) is 24.2 Å². The van der Waals surface area contributed by atoms with Crippen LogP contribution in [0, 0.1) is 12.7 Å². The lowest BCUT2D eigenvalue weighted by molar-refractivity contribution is -0.116. The highest BCUT2D eigenvalue weighted by Crippen LogP contribution is 2.23. The largest absolute Gasteiger partial charge is 0.331 e. The maximum atomic E-state index is 13.3. The van der Waals surface area contributed by atoms with E-state index in [1.807, 2.05) is 25.3 Å². The molecule has 30 heavy (non-hydrogen) atoms. The Hall–Kier alpha value is -2.65. The van der Waals surface area contributed by atoms with Crippen molar-refractivity contribution in [3.05, 3.63) is 70.2 Å². The summed E-state index contributed by atoms with van der Waals surface area (Å²) in [5.41, 5.74) is 2.50. The van der Waals surface area contributed by atoms with E-state index >= 15 is 0 Å². The Labute approximate surface area is 186 Å². The number of imidazole rings is 1. The summed E-state index contributed by atoms with van der Waals surface area (Å²) in [5.74, 6) is -1.04. The second-order valence-electron chi connectivity index (χ2n) is 6.61. The van der Waals surface area contributed by atoms with Gasteiger partial charge in [-0.3, -0.25) is 14.2 Å². The van der Waals surface area contributed by atoms with Gasteiger partial charge in [0.05, 0.1) is 12.7 Å². The molecule has 0 fully saturated rings. The number of carbonyl (C=O) groups excluding carboxylic acids is 2. The molecule has 3 rings (SSSR count). The summed E-state index contributed by atoms with van der Waals surface area (Å²) < 4.78 is 15.9. The molecule has 156 valence electrons. The highest BCUT2D eigenvalue weighted by atomic mass is 79.9. The lowest BCUT2D eigenvalue weighted by atomic mass is 10.2. The molecule has 1 heterocycles. The van der Waals surface area contributed by atoms with Crippen LogP contribution < -0.4 is 5.32 Å². The molecular formula is C21H20BrFN4O2S. The topological polar surface area (TPSA) is 67.2 Å². The minimum atomic E-state index is -0.366. The molecule has 2 aromatic carbocycles. The van der Waals surface area contributed by atoms with Crippen LogP contribution in [-0.4, -0.2) is 46.1 Å². The van der Waals surface area contributed by atoms with E-state index in [1.54, 1.807) is 29.8 Å². The second kappa shape index (κ2) is 9.44. The van der Waals surface area contributed by atoms with Crippen molar-refractivity contribution >= 4 is 45.2 Å². The standard InChI is InChI=1S/C21H20BrFN4O2S/c1-13-10-14(22)4-9-17(13)25-19(28)12-26(2)20(29)18-11-24-21(30-3)27(18)16-7-5-15(23)6-8-16/h4-11H,12H2,1-3H3,(H,25,28). The summed E-state index contributed by atoms with van der Waals surface area (Å²) in [6.45, 7) is 1.76. The Kier molecular flexibility index (Phi) is 6.94. The molecule has 1 aromatic heterocycles. The minimum absolute atomic E-state index is 0.127. The predicted octanol–water partition coefficient (Wildman–Crippen LogP) is 4.51. The van der Waals surface area contributed by atoms with E-state index in [0.29, 0.717) is 22.2 Å². The Bertz CT molecular complexity index is 1090. The average Bonchev–Trinajstić information content (AvgIpc) is 3.14. The molecule has 0 unspecified atom stereocenters. The Morgan fingerprint density at radius 1 is 1.23 bits per heavy atom. The lowest BCUT2D eigenvalue weighted by Crippen LogP contribution is -2.36. The van der Waals surface area contributed by atoms with Crippen molar-refractivity contribution < 1.29 is 14.0 Å². The first-order valence-corrected chi connectivity index (χ1v) is 11.0. The SMILES string of the molecule is CSc1ncc(C(=O)N(C)CC(=O)Nc2ccc(Br)cc2C)n1-c1ccc(F)cc1. The van der Waals surface area contributed by atoms with Crippen molar-refractivity contribution in [1.82, 2.24) is 14.5 Å². The third-order valence-corrected chi connectivity index (χ3v) is 5.55. The second-order valence-corrected chi connectivity index (χ2v) is 8.30. The van der Waals surface area contributed by atoms with Crippen molar-refractivity contribution in [2.24, 2.45) is 0 Å². The van der Waals surface area contributed by atoms with Crippen LogP contribution >= 0.6 is 27.7 Å². The molecular weight excluding hydrogens is 471 g/mol. The fourth-order valence-corrected chi connectivity index (χ4v) is 3.93. The average molecular weight is 491 g/mol. The highest BCUT2D eigenvalue weighted by Gasteiger charge is 2.22. The van der Waals surface area contributed by atoms with Gasteiger partial charge in [0.1, 0.15) is 11.5 Å². The van der Waals surface area contributed by atoms with E-state index in [1.165, 1.54) is 35.0 Å². The van der Waals surface area contributed by atoms with Gasteiger partial charge in [-0.25, -0.2) is 9.37 Å². The first kappa shape index (κ1) is 22.0. The maximum absolute atomic E-state index is 13.3. The maximum Gasteiger partial charge on any atom is 0.272 e. The van der Waals surface area contributed by atoms with E-state index in [9.17, 15) is 14.0 Å². The number of carbonyl (C=O) groups is 2. The summed E-state index contributed by atoms with van der Waals surface area (Å²) in [6, 6.07) is 11.3. The molecule has 9 heteroatoms. The molecule has 0 aliphatic heterocycles. The third-order valence-electron chi connectivity index (χ3n) is 4.41. The van der Waals surface area contributed by atoms with Crippen LogP contribution in [0.1, 0.15) is 16.1 Å². The number of nitrogens with zero attached hydrogens (tertiary/aromatic N) is 3. The fourth-order valence-electron chi connectivity index (χ4n) is 2.91. The van der Waals surface area contributed by atoms with Crippen molar-refractivity contribution in [1.29, 1.82) is 0 Å². The quantitative estimate of drug-likeness (QED) is 0.516. The summed E-state index contributed by atoms with van der Waals surface area (Å²) in [4.78, 5) is 31.1. The van der Waals surface area contributed by atoms with Crippen molar-refractivity contribution in [2.45, 2.75) is 12.1 Å². The summed E-state index contributed by atoms with van der Waals surface area (Å²) >= 11 is 4.76. The van der Waals surface area contributed by atoms with Gasteiger partial charge in [-0.05, 0) is 61.2 Å². The molecule has 6 nitrogen and oxygen atoms in total. The van der Waals surface area contributed by atoms with E-state index < -0.39 is 0 Å². The zero-order valence-corrected chi connectivity index (χ0v) is 19.1. The van der Waals surface area contributed by atoms with Gasteiger partial charge in [0.25, 0.3) is 5.91 Å². The zero-order valence-electron chi connectivity index (χ0n) is 16.6. The molecule has 0 spiro atoms. The monoisotopic (exact) mass is 490 g/mol. The van der Waals surface area contributed by atoms with E-state index in [0.717, 1.165) is 10.0 Å². The van der Waals surface area contributed by atoms with Crippen molar-refractivity contribution in [3.63, 3.8) is 0 Å². The van der Waals surface area contributed by atoms with Crippen LogP contribution in [0.2, 0.25) is 0 Å². The highest BCUT2D eigenvalue weighted by molar-refractivity contribution is 9.10. The number of amides is 2. The number of anilines is 1. The summed E-state index contributed by atoms with van der Waals surface area (Å²) in [6.07, 6.45) is 3.30. The number of hydrogen-bond donors (Lipinski definition) is 1. The summed E-state index contributed by atoms with van der Waals surface area (Å²) in [5, 5.41) is 3.41. The van der Waals surface area contributed by atoms with Gasteiger partial charge in [0.15, 0.2) is 5.16 Å². The van der Waals surface area contributed by atoms with Gasteiger partial charge in [-0.15, -0.1) is 0 Å². The van der Waals surface area contributed by atoms with E-state index in [2.05, 4.69) is 26.2 Å². The molecule has 2 amide bonds. The molecule has 0 saturated carbocycles. The van der Waals surface area contributed by atoms with Gasteiger partial charge in [0.2, 0.25) is 5.91 Å². The van der Waals surface area contributed by atoms with Crippen molar-refractivity contribution in [3.8, 4) is 5.69 Å². The van der Waals surface area contributed by atoms with Gasteiger partial charge in [-0.1, -0.05) is 27.7 Å². The molecule has 0 radical (unpaired) electrons. The first-order valence-electron chi connectivity index (χ1n) is 8.99. The van der Waals surface area contributed by atoms with Crippen LogP contribution in [0.4, 0.5) is 10.1 Å². The number of aryl methyl sites for hydroxylation is 1. The molecule has 0 aliphatic carbocycles. The number of benzene rings is 2. The normalized spacial score (nSPS) is 10.7. The van der Waals surface area contributed by atoms with Gasteiger partial charge in [-0.2, -0.15) is 0 Å². The Morgan fingerprint density at radius 3 is 2.57 bits per heavy atom. The van der Waals surface area contributed by atoms with Crippen LogP contribution in [-0.2, 0) is 4.79 Å². The van der Waals surface area contributed by atoms with Crippen LogP contribution in [0.5, 0.6) is 0 Å². The number of aromatic nitrogens is 2. The molecule has 0 atom stereocenters.